The van der Waals surface area contributed by atoms with Crippen LogP contribution in [-0.2, 0) is 9.59 Å². The van der Waals surface area contributed by atoms with Crippen LogP contribution in [0.2, 0.25) is 0 Å². The number of benzene rings is 1. The summed E-state index contributed by atoms with van der Waals surface area (Å²) in [7, 11) is 0. The Morgan fingerprint density at radius 1 is 1.29 bits per heavy atom. The Labute approximate surface area is 121 Å². The molecule has 0 spiro atoms. The molecule has 2 aliphatic heterocycles. The van der Waals surface area contributed by atoms with Crippen molar-refractivity contribution in [3.8, 4) is 11.5 Å². The molecule has 3 rings (SSSR count). The molecule has 1 atom stereocenters. The molecule has 1 N–H and O–H groups in total. The molecule has 21 heavy (non-hydrogen) atoms. The molecule has 1 amide bonds. The smallest absolute Gasteiger partial charge is 0.326 e. The van der Waals surface area contributed by atoms with Gasteiger partial charge in [-0.05, 0) is 36.6 Å². The second kappa shape index (κ2) is 5.47. The van der Waals surface area contributed by atoms with Crippen molar-refractivity contribution in [1.82, 2.24) is 4.90 Å². The summed E-state index contributed by atoms with van der Waals surface area (Å²) in [6.45, 7) is 0.691. The summed E-state index contributed by atoms with van der Waals surface area (Å²) in [5.74, 6) is 0.105. The Morgan fingerprint density at radius 2 is 2.10 bits per heavy atom. The van der Waals surface area contributed by atoms with Gasteiger partial charge in [-0.1, -0.05) is 6.07 Å². The molecule has 6 heteroatoms. The highest BCUT2D eigenvalue weighted by molar-refractivity contribution is 5.94. The van der Waals surface area contributed by atoms with E-state index in [-0.39, 0.29) is 12.7 Å². The van der Waals surface area contributed by atoms with Gasteiger partial charge in [0, 0.05) is 12.6 Å². The molecule has 1 fully saturated rings. The van der Waals surface area contributed by atoms with Crippen LogP contribution in [0.5, 0.6) is 11.5 Å². The van der Waals surface area contributed by atoms with Gasteiger partial charge in [-0.3, -0.25) is 4.79 Å². The fourth-order valence-corrected chi connectivity index (χ4v) is 2.57. The van der Waals surface area contributed by atoms with Crippen LogP contribution in [0.1, 0.15) is 18.4 Å². The maximum Gasteiger partial charge on any atom is 0.326 e. The van der Waals surface area contributed by atoms with Crippen LogP contribution in [-0.4, -0.2) is 41.3 Å². The van der Waals surface area contributed by atoms with E-state index in [4.69, 9.17) is 14.6 Å². The fraction of sp³-hybridized carbons (Fsp3) is 0.333. The van der Waals surface area contributed by atoms with Crippen molar-refractivity contribution >= 4 is 18.0 Å². The Morgan fingerprint density at radius 3 is 2.90 bits per heavy atom. The zero-order chi connectivity index (χ0) is 14.8. The van der Waals surface area contributed by atoms with Crippen LogP contribution in [0.4, 0.5) is 0 Å². The number of carboxylic acid groups (broad SMARTS) is 1. The fourth-order valence-electron chi connectivity index (χ4n) is 2.57. The maximum atomic E-state index is 12.1. The van der Waals surface area contributed by atoms with Crippen molar-refractivity contribution in [2.24, 2.45) is 0 Å². The Bertz CT molecular complexity index is 610. The summed E-state index contributed by atoms with van der Waals surface area (Å²) in [4.78, 5) is 24.6. The third-order valence-electron chi connectivity index (χ3n) is 3.64. The average molecular weight is 289 g/mol. The van der Waals surface area contributed by atoms with Gasteiger partial charge in [0.2, 0.25) is 12.7 Å². The Kier molecular flexibility index (Phi) is 3.51. The first-order valence-electron chi connectivity index (χ1n) is 6.76. The van der Waals surface area contributed by atoms with E-state index < -0.39 is 12.0 Å². The van der Waals surface area contributed by atoms with Gasteiger partial charge in [0.1, 0.15) is 6.04 Å². The van der Waals surface area contributed by atoms with Crippen molar-refractivity contribution in [1.29, 1.82) is 0 Å². The van der Waals surface area contributed by atoms with Crippen LogP contribution >= 0.6 is 0 Å². The van der Waals surface area contributed by atoms with Crippen molar-refractivity contribution in [2.75, 3.05) is 13.3 Å². The summed E-state index contributed by atoms with van der Waals surface area (Å²) in [5, 5.41) is 9.08. The standard InChI is InChI=1S/C15H15NO5/c17-14(16-7-1-2-11(16)15(18)19)6-4-10-3-5-12-13(8-10)21-9-20-12/h3-6,8,11H,1-2,7,9H2,(H,18,19). The molecule has 0 bridgehead atoms. The van der Waals surface area contributed by atoms with Gasteiger partial charge in [-0.2, -0.15) is 0 Å². The minimum absolute atomic E-state index is 0.204. The topological polar surface area (TPSA) is 76.1 Å². The van der Waals surface area contributed by atoms with E-state index >= 15 is 0 Å². The minimum atomic E-state index is -0.947. The molecule has 0 saturated carbocycles. The van der Waals surface area contributed by atoms with Crippen LogP contribution in [0.15, 0.2) is 24.3 Å². The SMILES string of the molecule is O=C(O)C1CCCN1C(=O)C=Cc1ccc2c(c1)OCO2. The number of aliphatic carboxylic acids is 1. The number of carbonyl (C=O) groups is 2. The van der Waals surface area contributed by atoms with Crippen LogP contribution < -0.4 is 9.47 Å². The highest BCUT2D eigenvalue weighted by atomic mass is 16.7. The number of carboxylic acids is 1. The lowest BCUT2D eigenvalue weighted by Gasteiger charge is -2.19. The van der Waals surface area contributed by atoms with Gasteiger partial charge in [0.05, 0.1) is 0 Å². The third-order valence-corrected chi connectivity index (χ3v) is 3.64. The summed E-state index contributed by atoms with van der Waals surface area (Å²) in [6.07, 6.45) is 4.29. The molecule has 0 aromatic heterocycles. The van der Waals surface area contributed by atoms with E-state index in [0.717, 1.165) is 12.0 Å². The van der Waals surface area contributed by atoms with Gasteiger partial charge >= 0.3 is 5.97 Å². The van der Waals surface area contributed by atoms with E-state index in [1.807, 2.05) is 6.07 Å². The quantitative estimate of drug-likeness (QED) is 0.853. The monoisotopic (exact) mass is 289 g/mol. The largest absolute Gasteiger partial charge is 0.480 e. The van der Waals surface area contributed by atoms with Gasteiger partial charge < -0.3 is 19.5 Å². The molecule has 0 radical (unpaired) electrons. The van der Waals surface area contributed by atoms with Crippen molar-refractivity contribution in [3.63, 3.8) is 0 Å². The summed E-state index contributed by atoms with van der Waals surface area (Å²) < 4.78 is 10.5. The molecule has 110 valence electrons. The average Bonchev–Trinajstić information content (AvgIpc) is 3.12. The second-order valence-corrected chi connectivity index (χ2v) is 4.97. The number of nitrogens with zero attached hydrogens (tertiary/aromatic N) is 1. The first kappa shape index (κ1) is 13.5. The van der Waals surface area contributed by atoms with E-state index in [9.17, 15) is 9.59 Å². The number of amides is 1. The molecular weight excluding hydrogens is 274 g/mol. The molecule has 1 saturated heterocycles. The van der Waals surface area contributed by atoms with Crippen molar-refractivity contribution in [3.05, 3.63) is 29.8 Å². The third kappa shape index (κ3) is 2.69. The predicted molar refractivity (Wildman–Crippen MR) is 74.0 cm³/mol. The summed E-state index contributed by atoms with van der Waals surface area (Å²) in [5.41, 5.74) is 0.804. The number of rotatable bonds is 3. The summed E-state index contributed by atoms with van der Waals surface area (Å²) >= 11 is 0. The predicted octanol–water partition coefficient (Wildman–Crippen LogP) is 1.50. The molecule has 1 aromatic rings. The number of carbonyl (C=O) groups excluding carboxylic acids is 1. The first-order valence-corrected chi connectivity index (χ1v) is 6.76. The lowest BCUT2D eigenvalue weighted by Crippen LogP contribution is -2.39. The maximum absolute atomic E-state index is 12.1. The number of ether oxygens (including phenoxy) is 2. The van der Waals surface area contributed by atoms with E-state index in [0.29, 0.717) is 24.5 Å². The zero-order valence-electron chi connectivity index (χ0n) is 11.3. The van der Waals surface area contributed by atoms with E-state index in [1.54, 1.807) is 18.2 Å². The second-order valence-electron chi connectivity index (χ2n) is 4.97. The molecular formula is C15H15NO5. The zero-order valence-corrected chi connectivity index (χ0v) is 11.3. The number of likely N-dealkylation sites (tertiary alicyclic amines) is 1. The van der Waals surface area contributed by atoms with E-state index in [2.05, 4.69) is 0 Å². The normalized spacial score (nSPS) is 20.2. The van der Waals surface area contributed by atoms with Crippen molar-refractivity contribution in [2.45, 2.75) is 18.9 Å². The van der Waals surface area contributed by atoms with Gasteiger partial charge in [-0.15, -0.1) is 0 Å². The highest BCUT2D eigenvalue weighted by Crippen LogP contribution is 2.32. The number of hydrogen-bond donors (Lipinski definition) is 1. The first-order chi connectivity index (χ1) is 10.1. The van der Waals surface area contributed by atoms with Crippen LogP contribution in [0, 0.1) is 0 Å². The molecule has 1 unspecified atom stereocenters. The highest BCUT2D eigenvalue weighted by Gasteiger charge is 2.32. The van der Waals surface area contributed by atoms with Crippen LogP contribution in [0.3, 0.4) is 0 Å². The van der Waals surface area contributed by atoms with Gasteiger partial charge in [0.25, 0.3) is 0 Å². The molecule has 0 aliphatic carbocycles. The lowest BCUT2D eigenvalue weighted by atomic mass is 10.2. The Balaban J connectivity index is 1.71. The molecule has 2 heterocycles. The van der Waals surface area contributed by atoms with Crippen LogP contribution in [0.25, 0.3) is 6.08 Å². The molecule has 6 nitrogen and oxygen atoms in total. The van der Waals surface area contributed by atoms with Crippen molar-refractivity contribution < 1.29 is 24.2 Å². The molecule has 2 aliphatic rings. The van der Waals surface area contributed by atoms with Gasteiger partial charge in [-0.25, -0.2) is 4.79 Å². The minimum Gasteiger partial charge on any atom is -0.480 e. The lowest BCUT2D eigenvalue weighted by molar-refractivity contribution is -0.146. The molecule has 1 aromatic carbocycles. The van der Waals surface area contributed by atoms with E-state index in [1.165, 1.54) is 11.0 Å². The number of hydrogen-bond acceptors (Lipinski definition) is 4. The van der Waals surface area contributed by atoms with Gasteiger partial charge in [0.15, 0.2) is 11.5 Å². The Hall–Kier alpha value is -2.50. The number of fused-ring (bicyclic) bond motifs is 1. The summed E-state index contributed by atoms with van der Waals surface area (Å²) in [6, 6.07) is 4.67.